The molecule has 0 bridgehead atoms. The van der Waals surface area contributed by atoms with Gasteiger partial charge in [0.05, 0.1) is 0 Å². The fourth-order valence-corrected chi connectivity index (χ4v) is 4.41. The molecule has 3 nitrogen and oxygen atoms in total. The summed E-state index contributed by atoms with van der Waals surface area (Å²) < 4.78 is 0. The maximum absolute atomic E-state index is 12.9. The van der Waals surface area contributed by atoms with Crippen molar-refractivity contribution in [1.82, 2.24) is 9.88 Å². The summed E-state index contributed by atoms with van der Waals surface area (Å²) in [6.45, 7) is 0. The lowest BCUT2D eigenvalue weighted by Crippen LogP contribution is -2.40. The van der Waals surface area contributed by atoms with Gasteiger partial charge < -0.3 is 4.90 Å². The molecule has 25 heavy (non-hydrogen) atoms. The number of hydrogen-bond acceptors (Lipinski definition) is 3. The Morgan fingerprint density at radius 1 is 1.16 bits per heavy atom. The van der Waals surface area contributed by atoms with E-state index in [0.717, 1.165) is 23.2 Å². The molecule has 0 N–H and O–H groups in total. The molecule has 4 heteroatoms. The van der Waals surface area contributed by atoms with Gasteiger partial charge in [-0.3, -0.25) is 9.78 Å². The van der Waals surface area contributed by atoms with Crippen LogP contribution in [0.4, 0.5) is 0 Å². The van der Waals surface area contributed by atoms with Crippen LogP contribution in [0.3, 0.4) is 0 Å². The molecule has 2 aromatic rings. The quantitative estimate of drug-likeness (QED) is 0.681. The predicted molar refractivity (Wildman–Crippen MR) is 102 cm³/mol. The topological polar surface area (TPSA) is 33.2 Å². The number of thioether (sulfide) groups is 1. The van der Waals surface area contributed by atoms with E-state index in [2.05, 4.69) is 23.2 Å². The Labute approximate surface area is 153 Å². The number of aromatic nitrogens is 1. The van der Waals surface area contributed by atoms with Gasteiger partial charge in [0.2, 0.25) is 0 Å². The lowest BCUT2D eigenvalue weighted by Gasteiger charge is -2.28. The van der Waals surface area contributed by atoms with Crippen LogP contribution in [-0.2, 0) is 5.75 Å². The van der Waals surface area contributed by atoms with Crippen LogP contribution in [0.5, 0.6) is 0 Å². The van der Waals surface area contributed by atoms with Crippen molar-refractivity contribution in [2.75, 3.05) is 7.05 Å². The van der Waals surface area contributed by atoms with Gasteiger partial charge in [-0.1, -0.05) is 6.07 Å². The second-order valence-corrected chi connectivity index (χ2v) is 8.30. The van der Waals surface area contributed by atoms with Crippen molar-refractivity contribution in [3.63, 3.8) is 0 Å². The minimum atomic E-state index is 0.174. The summed E-state index contributed by atoms with van der Waals surface area (Å²) in [5, 5.41) is 0. The zero-order valence-electron chi connectivity index (χ0n) is 14.6. The molecule has 130 valence electrons. The van der Waals surface area contributed by atoms with Gasteiger partial charge in [0.25, 0.3) is 5.91 Å². The SMILES string of the molecule is CN(C(=O)c1ccc(SCc2cccnc2)cc1)C(C1CC1)C1CC1. The average molecular weight is 353 g/mol. The van der Waals surface area contributed by atoms with E-state index in [4.69, 9.17) is 0 Å². The molecular weight excluding hydrogens is 328 g/mol. The largest absolute Gasteiger partial charge is 0.338 e. The summed E-state index contributed by atoms with van der Waals surface area (Å²) >= 11 is 1.77. The number of hydrogen-bond donors (Lipinski definition) is 0. The van der Waals surface area contributed by atoms with Crippen molar-refractivity contribution < 1.29 is 4.79 Å². The molecule has 2 fully saturated rings. The number of benzene rings is 1. The van der Waals surface area contributed by atoms with E-state index < -0.39 is 0 Å². The molecule has 2 aliphatic rings. The van der Waals surface area contributed by atoms with Gasteiger partial charge in [0, 0.05) is 41.7 Å². The summed E-state index contributed by atoms with van der Waals surface area (Å²) in [7, 11) is 1.99. The molecule has 0 spiro atoms. The first-order valence-electron chi connectivity index (χ1n) is 9.11. The van der Waals surface area contributed by atoms with E-state index in [1.54, 1.807) is 18.0 Å². The van der Waals surface area contributed by atoms with E-state index in [9.17, 15) is 4.79 Å². The summed E-state index contributed by atoms with van der Waals surface area (Å²) in [5.74, 6) is 2.56. The molecule has 1 amide bonds. The highest BCUT2D eigenvalue weighted by molar-refractivity contribution is 7.98. The van der Waals surface area contributed by atoms with Crippen LogP contribution < -0.4 is 0 Å². The van der Waals surface area contributed by atoms with Crippen molar-refractivity contribution >= 4 is 17.7 Å². The van der Waals surface area contributed by atoms with E-state index >= 15 is 0 Å². The summed E-state index contributed by atoms with van der Waals surface area (Å²) in [6, 6.07) is 12.6. The lowest BCUT2D eigenvalue weighted by atomic mass is 10.0. The lowest BCUT2D eigenvalue weighted by molar-refractivity contribution is 0.0690. The van der Waals surface area contributed by atoms with Crippen LogP contribution in [0.15, 0.2) is 53.7 Å². The zero-order valence-corrected chi connectivity index (χ0v) is 15.4. The fourth-order valence-electron chi connectivity index (χ4n) is 3.58. The smallest absolute Gasteiger partial charge is 0.253 e. The summed E-state index contributed by atoms with van der Waals surface area (Å²) in [4.78, 5) is 20.2. The Bertz CT molecular complexity index is 711. The summed E-state index contributed by atoms with van der Waals surface area (Å²) in [5.41, 5.74) is 2.02. The molecule has 0 aliphatic heterocycles. The van der Waals surface area contributed by atoms with Crippen LogP contribution in [-0.4, -0.2) is 28.9 Å². The number of nitrogens with zero attached hydrogens (tertiary/aromatic N) is 2. The van der Waals surface area contributed by atoms with Gasteiger partial charge in [-0.15, -0.1) is 11.8 Å². The van der Waals surface area contributed by atoms with Crippen LogP contribution in [0, 0.1) is 11.8 Å². The molecule has 2 saturated carbocycles. The minimum Gasteiger partial charge on any atom is -0.338 e. The number of amides is 1. The summed E-state index contributed by atoms with van der Waals surface area (Å²) in [6.07, 6.45) is 8.87. The van der Waals surface area contributed by atoms with Crippen LogP contribution >= 0.6 is 11.8 Å². The maximum atomic E-state index is 12.9. The van der Waals surface area contributed by atoms with Crippen LogP contribution in [0.25, 0.3) is 0 Å². The fraction of sp³-hybridized carbons (Fsp3) is 0.429. The number of pyridine rings is 1. The van der Waals surface area contributed by atoms with E-state index in [-0.39, 0.29) is 5.91 Å². The minimum absolute atomic E-state index is 0.174. The van der Waals surface area contributed by atoms with Crippen LogP contribution in [0.2, 0.25) is 0 Å². The molecule has 0 radical (unpaired) electrons. The molecule has 2 aliphatic carbocycles. The average Bonchev–Trinajstić information content (AvgIpc) is 3.56. The van der Waals surface area contributed by atoms with Gasteiger partial charge in [0.15, 0.2) is 0 Å². The molecule has 1 aromatic heterocycles. The van der Waals surface area contributed by atoms with E-state index in [0.29, 0.717) is 6.04 Å². The second kappa shape index (κ2) is 7.20. The van der Waals surface area contributed by atoms with Crippen molar-refractivity contribution in [2.24, 2.45) is 11.8 Å². The predicted octanol–water partition coefficient (Wildman–Crippen LogP) is 4.63. The Morgan fingerprint density at radius 3 is 2.40 bits per heavy atom. The Kier molecular flexibility index (Phi) is 4.80. The van der Waals surface area contributed by atoms with Crippen LogP contribution in [0.1, 0.15) is 41.6 Å². The monoisotopic (exact) mass is 352 g/mol. The molecular formula is C21H24N2OS. The number of rotatable bonds is 7. The van der Waals surface area contributed by atoms with Crippen molar-refractivity contribution in [1.29, 1.82) is 0 Å². The first kappa shape index (κ1) is 16.6. The van der Waals surface area contributed by atoms with Gasteiger partial charge in [-0.2, -0.15) is 0 Å². The third kappa shape index (κ3) is 4.06. The van der Waals surface area contributed by atoms with Gasteiger partial charge in [-0.25, -0.2) is 0 Å². The van der Waals surface area contributed by atoms with Gasteiger partial charge in [-0.05, 0) is 73.4 Å². The van der Waals surface area contributed by atoms with Crippen molar-refractivity contribution in [2.45, 2.75) is 42.4 Å². The number of carbonyl (C=O) groups is 1. The second-order valence-electron chi connectivity index (χ2n) is 7.26. The van der Waals surface area contributed by atoms with Gasteiger partial charge >= 0.3 is 0 Å². The molecule has 0 atom stereocenters. The molecule has 1 heterocycles. The molecule has 1 aromatic carbocycles. The first-order chi connectivity index (χ1) is 12.2. The Morgan fingerprint density at radius 2 is 1.84 bits per heavy atom. The molecule has 0 saturated heterocycles. The normalized spacial score (nSPS) is 16.9. The maximum Gasteiger partial charge on any atom is 0.253 e. The standard InChI is InChI=1S/C21H24N2OS/c1-23(20(16-4-5-16)17-6-7-17)21(24)18-8-10-19(11-9-18)25-14-15-3-2-12-22-13-15/h2-3,8-13,16-17,20H,4-7,14H2,1H3. The Hall–Kier alpha value is -1.81. The highest BCUT2D eigenvalue weighted by Gasteiger charge is 2.44. The van der Waals surface area contributed by atoms with E-state index in [1.807, 2.05) is 36.3 Å². The highest BCUT2D eigenvalue weighted by atomic mass is 32.2. The zero-order chi connectivity index (χ0) is 17.2. The number of carbonyl (C=O) groups excluding carboxylic acids is 1. The first-order valence-corrected chi connectivity index (χ1v) is 10.1. The van der Waals surface area contributed by atoms with E-state index in [1.165, 1.54) is 36.1 Å². The highest BCUT2D eigenvalue weighted by Crippen LogP contribution is 2.47. The molecule has 4 rings (SSSR count). The third-order valence-electron chi connectivity index (χ3n) is 5.21. The van der Waals surface area contributed by atoms with Gasteiger partial charge in [0.1, 0.15) is 0 Å². The Balaban J connectivity index is 1.38. The molecule has 0 unspecified atom stereocenters. The van der Waals surface area contributed by atoms with Crippen molar-refractivity contribution in [3.05, 3.63) is 59.9 Å². The third-order valence-corrected chi connectivity index (χ3v) is 6.29. The van der Waals surface area contributed by atoms with Crippen molar-refractivity contribution in [3.8, 4) is 0 Å².